The van der Waals surface area contributed by atoms with E-state index in [4.69, 9.17) is 5.73 Å². The van der Waals surface area contributed by atoms with Gasteiger partial charge in [-0.1, -0.05) is 12.1 Å². The van der Waals surface area contributed by atoms with Gasteiger partial charge in [0.05, 0.1) is 28.4 Å². The zero-order valence-corrected chi connectivity index (χ0v) is 20.8. The summed E-state index contributed by atoms with van der Waals surface area (Å²) in [5, 5.41) is 21.7. The molecule has 0 saturated carbocycles. The monoisotopic (exact) mass is 508 g/mol. The van der Waals surface area contributed by atoms with E-state index >= 15 is 0 Å². The van der Waals surface area contributed by atoms with Crippen molar-refractivity contribution in [3.8, 4) is 0 Å². The topological polar surface area (TPSA) is 150 Å². The summed E-state index contributed by atoms with van der Waals surface area (Å²) in [6.07, 6.45) is 1.49. The highest BCUT2D eigenvalue weighted by atomic mass is 32.2. The number of benzene rings is 1. The Balaban J connectivity index is 1.39. The van der Waals surface area contributed by atoms with Gasteiger partial charge in [-0.05, 0) is 44.9 Å². The molecule has 2 aliphatic heterocycles. The highest BCUT2D eigenvalue weighted by molar-refractivity contribution is 7.91. The molecule has 34 heavy (non-hydrogen) atoms. The predicted molar refractivity (Wildman–Crippen MR) is 135 cm³/mol. The average molecular weight is 509 g/mol. The van der Waals surface area contributed by atoms with Crippen LogP contribution in [0.25, 0.3) is 0 Å². The maximum Gasteiger partial charge on any atom is 0.275 e. The minimum atomic E-state index is -2.92. The Morgan fingerprint density at radius 2 is 1.94 bits per heavy atom. The number of aliphatic hydroxyl groups excluding tert-OH is 1. The molecule has 0 spiro atoms. The van der Waals surface area contributed by atoms with Gasteiger partial charge in [-0.25, -0.2) is 13.4 Å². The summed E-state index contributed by atoms with van der Waals surface area (Å²) in [5.74, 6) is 0.0501. The molecule has 4 rings (SSSR count). The first-order chi connectivity index (χ1) is 16.2. The summed E-state index contributed by atoms with van der Waals surface area (Å²) in [4.78, 5) is 19.5. The molecule has 1 atom stereocenters. The van der Waals surface area contributed by atoms with Crippen LogP contribution in [0, 0.1) is 0 Å². The molecule has 0 aliphatic carbocycles. The van der Waals surface area contributed by atoms with Gasteiger partial charge in [-0.3, -0.25) is 4.79 Å². The molecule has 2 saturated heterocycles. The van der Waals surface area contributed by atoms with Crippen molar-refractivity contribution in [2.45, 2.75) is 43.5 Å². The van der Waals surface area contributed by atoms with Crippen LogP contribution in [0.15, 0.2) is 29.6 Å². The van der Waals surface area contributed by atoms with Crippen molar-refractivity contribution in [1.82, 2.24) is 10.3 Å². The van der Waals surface area contributed by atoms with Gasteiger partial charge >= 0.3 is 0 Å². The smallest absolute Gasteiger partial charge is 0.275 e. The first-order valence-corrected chi connectivity index (χ1v) is 14.1. The number of aromatic nitrogens is 1. The number of hydrogen-bond donors (Lipinski definition) is 5. The number of likely N-dealkylation sites (N-methyl/N-ethyl adjacent to an activating group) is 1. The quantitative estimate of drug-likeness (QED) is 0.348. The van der Waals surface area contributed by atoms with Crippen molar-refractivity contribution in [3.63, 3.8) is 0 Å². The number of carbonyl (C=O) groups is 1. The van der Waals surface area contributed by atoms with E-state index < -0.39 is 21.6 Å². The molecule has 2 fully saturated rings. The van der Waals surface area contributed by atoms with E-state index in [1.165, 1.54) is 11.3 Å². The Bertz CT molecular complexity index is 1100. The van der Waals surface area contributed by atoms with Crippen molar-refractivity contribution in [3.05, 3.63) is 35.3 Å². The molecule has 10 nitrogen and oxygen atoms in total. The lowest BCUT2D eigenvalue weighted by Crippen LogP contribution is -2.62. The molecule has 0 radical (unpaired) electrons. The van der Waals surface area contributed by atoms with Gasteiger partial charge in [-0.2, -0.15) is 0 Å². The SMILES string of the molecule is CNC1(C(N)O)CCN(c2ccccc2NC(=O)c2csc(NC3CCS(=O)(=O)CC3)n2)CC1. The summed E-state index contributed by atoms with van der Waals surface area (Å²) in [6.45, 7) is 1.37. The average Bonchev–Trinajstić information content (AvgIpc) is 3.29. The molecule has 0 bridgehead atoms. The second kappa shape index (κ2) is 10.2. The maximum atomic E-state index is 12.9. The number of nitrogens with zero attached hydrogens (tertiary/aromatic N) is 2. The van der Waals surface area contributed by atoms with Gasteiger partial charge in [0.15, 0.2) is 5.13 Å². The molecule has 12 heteroatoms. The largest absolute Gasteiger partial charge is 0.377 e. The van der Waals surface area contributed by atoms with Crippen LogP contribution in [0.3, 0.4) is 0 Å². The minimum absolute atomic E-state index is 0.0437. The van der Waals surface area contributed by atoms with Crippen molar-refractivity contribution >= 4 is 43.6 Å². The van der Waals surface area contributed by atoms with Crippen LogP contribution in [0.1, 0.15) is 36.2 Å². The Morgan fingerprint density at radius 1 is 1.26 bits per heavy atom. The van der Waals surface area contributed by atoms with Crippen LogP contribution in [0.2, 0.25) is 0 Å². The normalized spacial score (nSPS) is 21.1. The number of anilines is 3. The highest BCUT2D eigenvalue weighted by Crippen LogP contribution is 2.32. The van der Waals surface area contributed by atoms with Crippen LogP contribution in [0.5, 0.6) is 0 Å². The fraction of sp³-hybridized carbons (Fsp3) is 0.545. The molecule has 1 unspecified atom stereocenters. The fourth-order valence-electron chi connectivity index (χ4n) is 4.54. The van der Waals surface area contributed by atoms with Crippen molar-refractivity contribution < 1.29 is 18.3 Å². The van der Waals surface area contributed by atoms with Gasteiger partial charge in [0, 0.05) is 24.5 Å². The molecule has 3 heterocycles. The van der Waals surface area contributed by atoms with Crippen LogP contribution in [-0.2, 0) is 9.84 Å². The molecule has 1 aromatic heterocycles. The van der Waals surface area contributed by atoms with E-state index in [0.717, 1.165) is 5.69 Å². The maximum absolute atomic E-state index is 12.9. The number of rotatable bonds is 7. The first kappa shape index (κ1) is 24.9. The van der Waals surface area contributed by atoms with Crippen LogP contribution in [-0.4, -0.2) is 73.9 Å². The molecular formula is C22H32N6O4S2. The van der Waals surface area contributed by atoms with Crippen LogP contribution >= 0.6 is 11.3 Å². The fourth-order valence-corrected chi connectivity index (χ4v) is 6.80. The number of nitrogens with one attached hydrogen (secondary N) is 3. The number of aliphatic hydroxyl groups is 1. The predicted octanol–water partition coefficient (Wildman–Crippen LogP) is 1.22. The standard InChI is InChI=1S/C22H32N6O4S2/c1-24-22(20(23)30)8-10-28(11-9-22)18-5-3-2-4-16(18)26-19(29)17-14-33-21(27-17)25-15-6-12-34(31,32)13-7-15/h2-5,14-15,20,24,30H,6-13,23H2,1H3,(H,25,27)(H,26,29). The van der Waals surface area contributed by atoms with Gasteiger partial charge in [0.25, 0.3) is 5.91 Å². The summed E-state index contributed by atoms with van der Waals surface area (Å²) < 4.78 is 23.2. The van der Waals surface area contributed by atoms with Crippen molar-refractivity contribution in [2.75, 3.05) is 47.2 Å². The van der Waals surface area contributed by atoms with Crippen molar-refractivity contribution in [1.29, 1.82) is 0 Å². The minimum Gasteiger partial charge on any atom is -0.377 e. The lowest BCUT2D eigenvalue weighted by molar-refractivity contribution is 0.0519. The summed E-state index contributed by atoms with van der Waals surface area (Å²) in [7, 11) is -1.11. The summed E-state index contributed by atoms with van der Waals surface area (Å²) in [5.41, 5.74) is 7.21. The van der Waals surface area contributed by atoms with Gasteiger partial charge in [0.2, 0.25) is 0 Å². The number of hydrogen-bond acceptors (Lipinski definition) is 10. The van der Waals surface area contributed by atoms with Crippen LogP contribution in [0.4, 0.5) is 16.5 Å². The number of para-hydroxylation sites is 2. The zero-order valence-electron chi connectivity index (χ0n) is 19.2. The summed E-state index contributed by atoms with van der Waals surface area (Å²) in [6, 6.07) is 7.67. The number of piperidine rings is 1. The Hall–Kier alpha value is -2.25. The second-order valence-electron chi connectivity index (χ2n) is 8.92. The number of thiazole rings is 1. The molecule has 6 N–H and O–H groups in total. The third kappa shape index (κ3) is 5.52. The van der Waals surface area contributed by atoms with Crippen molar-refractivity contribution in [2.24, 2.45) is 5.73 Å². The second-order valence-corrected chi connectivity index (χ2v) is 12.1. The van der Waals surface area contributed by atoms with E-state index in [0.29, 0.717) is 55.3 Å². The van der Waals surface area contributed by atoms with Gasteiger partial charge < -0.3 is 31.7 Å². The van der Waals surface area contributed by atoms with Crippen LogP contribution < -0.4 is 26.6 Å². The number of nitrogens with two attached hydrogens (primary N) is 1. The third-order valence-corrected chi connectivity index (χ3v) is 9.32. The molecule has 1 aromatic carbocycles. The Morgan fingerprint density at radius 3 is 2.59 bits per heavy atom. The Labute approximate surface area is 203 Å². The Kier molecular flexibility index (Phi) is 7.43. The highest BCUT2D eigenvalue weighted by Gasteiger charge is 2.38. The van der Waals surface area contributed by atoms with E-state index in [2.05, 4.69) is 25.8 Å². The van der Waals surface area contributed by atoms with E-state index in [1.807, 2.05) is 31.3 Å². The van der Waals surface area contributed by atoms with Gasteiger partial charge in [0.1, 0.15) is 21.8 Å². The summed E-state index contributed by atoms with van der Waals surface area (Å²) >= 11 is 1.33. The lowest BCUT2D eigenvalue weighted by Gasteiger charge is -2.44. The van der Waals surface area contributed by atoms with E-state index in [-0.39, 0.29) is 23.5 Å². The van der Waals surface area contributed by atoms with E-state index in [9.17, 15) is 18.3 Å². The first-order valence-electron chi connectivity index (χ1n) is 11.4. The van der Waals surface area contributed by atoms with Gasteiger partial charge in [-0.15, -0.1) is 11.3 Å². The lowest BCUT2D eigenvalue weighted by atomic mass is 9.85. The van der Waals surface area contributed by atoms with E-state index in [1.54, 1.807) is 5.38 Å². The third-order valence-electron chi connectivity index (χ3n) is 6.83. The molecular weight excluding hydrogens is 476 g/mol. The number of sulfone groups is 1. The molecule has 1 amide bonds. The zero-order chi connectivity index (χ0) is 24.3. The molecule has 2 aliphatic rings. The number of amides is 1. The number of carbonyl (C=O) groups excluding carboxylic acids is 1. The molecule has 186 valence electrons. The molecule has 2 aromatic rings.